The highest BCUT2D eigenvalue weighted by Crippen LogP contribution is 2.58. The summed E-state index contributed by atoms with van der Waals surface area (Å²) in [5.74, 6) is 0. The molecule has 5 heterocycles. The quantitative estimate of drug-likeness (QED) is 0.154. The summed E-state index contributed by atoms with van der Waals surface area (Å²) < 4.78 is 16.1. The Morgan fingerprint density at radius 1 is 0.522 bits per heavy atom. The SMILES string of the molecule is Cc1cc2c3c4c1c1cc5oc6ccccc6c5cc1n4-c1cc4c(cc1B3N(c1ccc(C(C)(C)C)cc1)c1cc3c(cc1-2)C(C)(C)c1cc2c(cc1-3)C(C)(C)CCC2(C)C)oc1ccccc14. The van der Waals surface area contributed by atoms with Crippen LogP contribution in [0, 0.1) is 6.92 Å². The third-order valence-corrected chi connectivity index (χ3v) is 17.7. The Bertz CT molecular complexity index is 4160. The Labute approximate surface area is 403 Å². The molecule has 4 nitrogen and oxygen atoms in total. The fraction of sp³-hybridized carbons (Fsp3) is 0.250. The first-order valence-corrected chi connectivity index (χ1v) is 25.1. The van der Waals surface area contributed by atoms with Crippen LogP contribution in [0.4, 0.5) is 11.4 Å². The maximum Gasteiger partial charge on any atom is 0.333 e. The van der Waals surface area contributed by atoms with Crippen LogP contribution in [0.1, 0.15) is 109 Å². The van der Waals surface area contributed by atoms with E-state index >= 15 is 0 Å². The molecule has 0 atom stereocenters. The number of aryl methyl sites for hydroxylation is 1. The van der Waals surface area contributed by atoms with E-state index in [4.69, 9.17) is 8.83 Å². The minimum Gasteiger partial charge on any atom is -0.456 e. The fourth-order valence-corrected chi connectivity index (χ4v) is 13.8. The molecule has 336 valence electrons. The second kappa shape index (κ2) is 12.6. The number of rotatable bonds is 1. The van der Waals surface area contributed by atoms with Crippen LogP contribution < -0.4 is 15.7 Å². The van der Waals surface area contributed by atoms with Crippen LogP contribution in [0.5, 0.6) is 0 Å². The molecule has 2 aliphatic carbocycles. The first kappa shape index (κ1) is 40.0. The fourth-order valence-electron chi connectivity index (χ4n) is 13.8. The van der Waals surface area contributed by atoms with Gasteiger partial charge < -0.3 is 18.2 Å². The van der Waals surface area contributed by atoms with Gasteiger partial charge in [0.05, 0.1) is 11.0 Å². The van der Waals surface area contributed by atoms with Crippen molar-refractivity contribution in [1.29, 1.82) is 0 Å². The third-order valence-electron chi connectivity index (χ3n) is 17.7. The van der Waals surface area contributed by atoms with Gasteiger partial charge in [-0.05, 0) is 164 Å². The summed E-state index contributed by atoms with van der Waals surface area (Å²) in [6.45, 7) is 23.9. The highest BCUT2D eigenvalue weighted by atomic mass is 16.3. The zero-order valence-corrected chi connectivity index (χ0v) is 41.3. The molecule has 2 aliphatic heterocycles. The average molecular weight is 895 g/mol. The number of hydrogen-bond donors (Lipinski definition) is 0. The van der Waals surface area contributed by atoms with Crippen LogP contribution in [-0.2, 0) is 21.7 Å². The van der Waals surface area contributed by atoms with E-state index in [0.717, 1.165) is 43.9 Å². The second-order valence-electron chi connectivity index (χ2n) is 24.0. The smallest absolute Gasteiger partial charge is 0.333 e. The van der Waals surface area contributed by atoms with E-state index in [-0.39, 0.29) is 28.5 Å². The van der Waals surface area contributed by atoms with E-state index in [9.17, 15) is 0 Å². The van der Waals surface area contributed by atoms with Gasteiger partial charge in [0, 0.05) is 60.4 Å². The molecule has 0 radical (unpaired) electrons. The summed E-state index contributed by atoms with van der Waals surface area (Å²) in [6.07, 6.45) is 2.39. The predicted molar refractivity (Wildman–Crippen MR) is 291 cm³/mol. The zero-order chi connectivity index (χ0) is 47.0. The van der Waals surface area contributed by atoms with Crippen molar-refractivity contribution in [2.75, 3.05) is 4.81 Å². The van der Waals surface area contributed by atoms with Gasteiger partial charge in [-0.25, -0.2) is 0 Å². The normalized spacial score (nSPS) is 17.0. The topological polar surface area (TPSA) is 34.5 Å². The molecule has 3 aromatic heterocycles. The lowest BCUT2D eigenvalue weighted by atomic mass is 9.43. The standard InChI is InChI=1S/C64H55BN2O2/c1-34-25-44-41-27-46-40(39-26-48-49(32-47(39)64(46,9)10)63(7,8)24-23-62(48,5)6)28-52(41)67(36-21-19-35(20-22-36)61(2,3)4)65-50-33-57-43(38-16-12-14-18-55(38)69-57)30-53(50)66-51-29-42-37-15-11-13-17-54(37)68-56(42)31-45(51)58(34)60(66)59(44)65/h11-22,25-33H,23-24H2,1-10H3. The molecule has 0 saturated heterocycles. The monoisotopic (exact) mass is 894 g/mol. The van der Waals surface area contributed by atoms with E-state index in [1.165, 1.54) is 118 Å². The molecule has 11 aromatic rings. The molecule has 0 saturated carbocycles. The molecule has 0 spiro atoms. The maximum atomic E-state index is 6.83. The molecular weight excluding hydrogens is 840 g/mol. The maximum absolute atomic E-state index is 6.83. The van der Waals surface area contributed by atoms with Gasteiger partial charge in [0.15, 0.2) is 0 Å². The van der Waals surface area contributed by atoms with Crippen LogP contribution in [0.3, 0.4) is 0 Å². The number of aromatic nitrogens is 1. The Morgan fingerprint density at radius 3 is 1.80 bits per heavy atom. The lowest BCUT2D eigenvalue weighted by molar-refractivity contribution is 0.331. The molecule has 8 aromatic carbocycles. The van der Waals surface area contributed by atoms with E-state index in [0.29, 0.717) is 0 Å². The first-order chi connectivity index (χ1) is 33.0. The van der Waals surface area contributed by atoms with Gasteiger partial charge in [0.2, 0.25) is 0 Å². The van der Waals surface area contributed by atoms with E-state index in [2.05, 4.69) is 206 Å². The number of hydrogen-bond acceptors (Lipinski definition) is 3. The number of nitrogens with zero attached hydrogens (tertiary/aromatic N) is 2. The molecule has 69 heavy (non-hydrogen) atoms. The molecule has 0 fully saturated rings. The first-order valence-electron chi connectivity index (χ1n) is 25.1. The van der Waals surface area contributed by atoms with Gasteiger partial charge in [-0.1, -0.05) is 123 Å². The van der Waals surface area contributed by atoms with Crippen molar-refractivity contribution < 1.29 is 8.83 Å². The largest absolute Gasteiger partial charge is 0.456 e. The number of benzene rings is 8. The Balaban J connectivity index is 1.10. The summed E-state index contributed by atoms with van der Waals surface area (Å²) >= 11 is 0. The minimum absolute atomic E-state index is 0.0159. The summed E-state index contributed by atoms with van der Waals surface area (Å²) in [5, 5.41) is 7.05. The highest BCUT2D eigenvalue weighted by molar-refractivity contribution is 6.94. The molecule has 0 amide bonds. The molecule has 5 heteroatoms. The molecule has 0 unspecified atom stereocenters. The average Bonchev–Trinajstić information content (AvgIpc) is 4.04. The lowest BCUT2D eigenvalue weighted by Gasteiger charge is -2.43. The number of furan rings is 2. The molecule has 0 N–H and O–H groups in total. The van der Waals surface area contributed by atoms with Crippen molar-refractivity contribution >= 4 is 94.8 Å². The van der Waals surface area contributed by atoms with E-state index in [1.807, 2.05) is 0 Å². The molecule has 4 aliphatic rings. The third kappa shape index (κ3) is 5.01. The van der Waals surface area contributed by atoms with Crippen molar-refractivity contribution in [3.63, 3.8) is 0 Å². The predicted octanol–water partition coefficient (Wildman–Crippen LogP) is 16.1. The summed E-state index contributed by atoms with van der Waals surface area (Å²) in [5.41, 5.74) is 26.3. The van der Waals surface area contributed by atoms with E-state index in [1.54, 1.807) is 0 Å². The van der Waals surface area contributed by atoms with Gasteiger partial charge >= 0.3 is 6.85 Å². The second-order valence-corrected chi connectivity index (χ2v) is 24.0. The lowest BCUT2D eigenvalue weighted by Crippen LogP contribution is -2.60. The van der Waals surface area contributed by atoms with Crippen molar-refractivity contribution in [1.82, 2.24) is 4.57 Å². The van der Waals surface area contributed by atoms with Gasteiger partial charge in [0.1, 0.15) is 22.3 Å². The van der Waals surface area contributed by atoms with Crippen LogP contribution in [-0.4, -0.2) is 11.4 Å². The minimum atomic E-state index is -0.190. The van der Waals surface area contributed by atoms with E-state index < -0.39 is 0 Å². The van der Waals surface area contributed by atoms with Crippen LogP contribution >= 0.6 is 0 Å². The molecule has 0 bridgehead atoms. The molecule has 15 rings (SSSR count). The zero-order valence-electron chi connectivity index (χ0n) is 41.3. The van der Waals surface area contributed by atoms with Crippen molar-refractivity contribution in [3.05, 3.63) is 161 Å². The molecular formula is C64H55BN2O2. The Hall–Kier alpha value is -6.98. The summed E-state index contributed by atoms with van der Waals surface area (Å²) in [6, 6.07) is 49.0. The summed E-state index contributed by atoms with van der Waals surface area (Å²) in [7, 11) is 0. The van der Waals surface area contributed by atoms with Gasteiger partial charge in [-0.15, -0.1) is 0 Å². The van der Waals surface area contributed by atoms with Crippen LogP contribution in [0.15, 0.2) is 136 Å². The van der Waals surface area contributed by atoms with Gasteiger partial charge in [-0.2, -0.15) is 0 Å². The summed E-state index contributed by atoms with van der Waals surface area (Å²) in [4.78, 5) is 2.70. The van der Waals surface area contributed by atoms with Crippen molar-refractivity contribution in [3.8, 4) is 27.9 Å². The number of para-hydroxylation sites is 2. The van der Waals surface area contributed by atoms with Crippen molar-refractivity contribution in [2.24, 2.45) is 0 Å². The Kier molecular flexibility index (Phi) is 7.31. The van der Waals surface area contributed by atoms with Crippen LogP contribution in [0.25, 0.3) is 93.6 Å². The Morgan fingerprint density at radius 2 is 1.12 bits per heavy atom. The van der Waals surface area contributed by atoms with Crippen molar-refractivity contribution in [2.45, 2.75) is 104 Å². The number of anilines is 2. The number of fused-ring (bicyclic) bond motifs is 18. The van der Waals surface area contributed by atoms with Gasteiger partial charge in [0.25, 0.3) is 0 Å². The van der Waals surface area contributed by atoms with Crippen LogP contribution in [0.2, 0.25) is 0 Å². The highest BCUT2D eigenvalue weighted by Gasteiger charge is 2.48. The van der Waals surface area contributed by atoms with Gasteiger partial charge in [-0.3, -0.25) is 0 Å².